The summed E-state index contributed by atoms with van der Waals surface area (Å²) >= 11 is 0. The third kappa shape index (κ3) is 3.97. The highest BCUT2D eigenvalue weighted by atomic mass is 16.5. The molecule has 0 radical (unpaired) electrons. The van der Waals surface area contributed by atoms with E-state index in [-0.39, 0.29) is 17.9 Å². The van der Waals surface area contributed by atoms with Gasteiger partial charge < -0.3 is 14.8 Å². The molecule has 0 saturated heterocycles. The van der Waals surface area contributed by atoms with Gasteiger partial charge in [-0.1, -0.05) is 24.1 Å². The number of hydrogen-bond acceptors (Lipinski definition) is 3. The maximum Gasteiger partial charge on any atom is 0.257 e. The number of nitrogens with one attached hydrogen (secondary N) is 1. The maximum atomic E-state index is 11.8. The summed E-state index contributed by atoms with van der Waals surface area (Å²) in [5.74, 6) is 0.647. The van der Waals surface area contributed by atoms with Crippen molar-refractivity contribution in [2.45, 2.75) is 26.2 Å². The van der Waals surface area contributed by atoms with Crippen LogP contribution in [0.25, 0.3) is 0 Å². The summed E-state index contributed by atoms with van der Waals surface area (Å²) in [7, 11) is 1.71. The van der Waals surface area contributed by atoms with Gasteiger partial charge in [0.1, 0.15) is 5.75 Å². The summed E-state index contributed by atoms with van der Waals surface area (Å²) in [4.78, 5) is 11.8. The van der Waals surface area contributed by atoms with Crippen LogP contribution in [0.15, 0.2) is 24.3 Å². The first-order valence-corrected chi connectivity index (χ1v) is 7.09. The second kappa shape index (κ2) is 6.75. The van der Waals surface area contributed by atoms with Gasteiger partial charge in [-0.25, -0.2) is 0 Å². The summed E-state index contributed by atoms with van der Waals surface area (Å²) in [6, 6.07) is 7.69. The van der Waals surface area contributed by atoms with Crippen LogP contribution in [0.3, 0.4) is 0 Å². The Labute approximate surface area is 120 Å². The van der Waals surface area contributed by atoms with Crippen LogP contribution in [0.2, 0.25) is 0 Å². The minimum Gasteiger partial charge on any atom is -0.484 e. The van der Waals surface area contributed by atoms with Crippen LogP contribution in [0.4, 0.5) is 0 Å². The van der Waals surface area contributed by atoms with E-state index in [1.165, 1.54) is 12.0 Å². The van der Waals surface area contributed by atoms with E-state index in [0.29, 0.717) is 13.2 Å². The van der Waals surface area contributed by atoms with Gasteiger partial charge in [0.2, 0.25) is 0 Å². The molecular formula is C16H23NO3. The lowest BCUT2D eigenvalue weighted by Gasteiger charge is -2.41. The topological polar surface area (TPSA) is 47.6 Å². The third-order valence-corrected chi connectivity index (χ3v) is 3.92. The Morgan fingerprint density at radius 2 is 2.00 bits per heavy atom. The van der Waals surface area contributed by atoms with E-state index in [2.05, 4.69) is 5.32 Å². The second-order valence-corrected chi connectivity index (χ2v) is 5.67. The molecule has 1 aliphatic rings. The molecule has 1 aromatic carbocycles. The fourth-order valence-corrected chi connectivity index (χ4v) is 2.48. The minimum atomic E-state index is -0.0760. The number of carbonyl (C=O) groups is 1. The Balaban J connectivity index is 1.71. The molecule has 4 heteroatoms. The number of benzene rings is 1. The molecule has 2 rings (SSSR count). The van der Waals surface area contributed by atoms with E-state index in [1.54, 1.807) is 7.11 Å². The summed E-state index contributed by atoms with van der Waals surface area (Å²) in [5.41, 5.74) is 1.32. The molecule has 20 heavy (non-hydrogen) atoms. The number of amides is 1. The van der Waals surface area contributed by atoms with Crippen LogP contribution >= 0.6 is 0 Å². The molecule has 4 nitrogen and oxygen atoms in total. The minimum absolute atomic E-state index is 0.0616. The first kappa shape index (κ1) is 14.9. The number of methoxy groups -OCH3 is 1. The van der Waals surface area contributed by atoms with Crippen LogP contribution < -0.4 is 10.1 Å². The molecule has 1 fully saturated rings. The molecule has 0 aromatic heterocycles. The Morgan fingerprint density at radius 3 is 2.55 bits per heavy atom. The fraction of sp³-hybridized carbons (Fsp3) is 0.562. The Morgan fingerprint density at radius 1 is 1.30 bits per heavy atom. The van der Waals surface area contributed by atoms with Crippen LogP contribution in [-0.2, 0) is 9.53 Å². The lowest BCUT2D eigenvalue weighted by atomic mass is 9.69. The summed E-state index contributed by atoms with van der Waals surface area (Å²) in [6.07, 6.45) is 3.47. The molecule has 0 unspecified atom stereocenters. The van der Waals surface area contributed by atoms with Crippen molar-refractivity contribution in [3.63, 3.8) is 0 Å². The lowest BCUT2D eigenvalue weighted by Crippen LogP contribution is -2.46. The van der Waals surface area contributed by atoms with Gasteiger partial charge in [-0.2, -0.15) is 0 Å². The maximum absolute atomic E-state index is 11.8. The van der Waals surface area contributed by atoms with Crippen molar-refractivity contribution in [3.05, 3.63) is 29.8 Å². The normalized spacial score (nSPS) is 16.3. The first-order valence-electron chi connectivity index (χ1n) is 7.09. The van der Waals surface area contributed by atoms with Crippen molar-refractivity contribution in [3.8, 4) is 5.75 Å². The van der Waals surface area contributed by atoms with E-state index in [1.807, 2.05) is 31.2 Å². The molecule has 1 aliphatic carbocycles. The highest BCUT2D eigenvalue weighted by Gasteiger charge is 2.37. The molecule has 1 aromatic rings. The van der Waals surface area contributed by atoms with Crippen molar-refractivity contribution < 1.29 is 14.3 Å². The Kier molecular flexibility index (Phi) is 5.01. The lowest BCUT2D eigenvalue weighted by molar-refractivity contribution is -0.124. The average molecular weight is 277 g/mol. The smallest absolute Gasteiger partial charge is 0.257 e. The molecule has 110 valence electrons. The molecule has 0 atom stereocenters. The highest BCUT2D eigenvalue weighted by molar-refractivity contribution is 5.77. The van der Waals surface area contributed by atoms with E-state index < -0.39 is 0 Å². The van der Waals surface area contributed by atoms with Crippen LogP contribution in [0, 0.1) is 12.3 Å². The van der Waals surface area contributed by atoms with Crippen molar-refractivity contribution in [1.82, 2.24) is 5.32 Å². The zero-order chi connectivity index (χ0) is 14.4. The Hall–Kier alpha value is -1.55. The number of carbonyl (C=O) groups excluding carboxylic acids is 1. The number of hydrogen-bond donors (Lipinski definition) is 1. The molecule has 1 amide bonds. The van der Waals surface area contributed by atoms with Gasteiger partial charge in [0.15, 0.2) is 6.61 Å². The molecule has 0 heterocycles. The third-order valence-electron chi connectivity index (χ3n) is 3.92. The van der Waals surface area contributed by atoms with Gasteiger partial charge >= 0.3 is 0 Å². The fourth-order valence-electron chi connectivity index (χ4n) is 2.48. The quantitative estimate of drug-likeness (QED) is 0.832. The predicted octanol–water partition coefficient (Wildman–Crippen LogP) is 2.31. The van der Waals surface area contributed by atoms with Gasteiger partial charge in [-0.3, -0.25) is 4.79 Å². The van der Waals surface area contributed by atoms with Gasteiger partial charge in [0.05, 0.1) is 6.61 Å². The van der Waals surface area contributed by atoms with Gasteiger partial charge in [-0.15, -0.1) is 0 Å². The van der Waals surface area contributed by atoms with Gasteiger partial charge in [-0.05, 0) is 31.9 Å². The molecule has 1 N–H and O–H groups in total. The number of ether oxygens (including phenoxy) is 2. The van der Waals surface area contributed by atoms with Crippen molar-refractivity contribution >= 4 is 5.91 Å². The van der Waals surface area contributed by atoms with Crippen LogP contribution in [-0.4, -0.2) is 32.8 Å². The molecule has 0 spiro atoms. The Bertz CT molecular complexity index is 438. The number of aryl methyl sites for hydroxylation is 1. The van der Waals surface area contributed by atoms with E-state index in [9.17, 15) is 4.79 Å². The average Bonchev–Trinajstić information content (AvgIpc) is 2.41. The first-order chi connectivity index (χ1) is 9.63. The second-order valence-electron chi connectivity index (χ2n) is 5.67. The zero-order valence-corrected chi connectivity index (χ0v) is 12.3. The van der Waals surface area contributed by atoms with Crippen molar-refractivity contribution in [2.75, 3.05) is 26.9 Å². The molecular weight excluding hydrogens is 254 g/mol. The summed E-state index contributed by atoms with van der Waals surface area (Å²) < 4.78 is 10.7. The van der Waals surface area contributed by atoms with Gasteiger partial charge in [0, 0.05) is 19.1 Å². The standard InChI is InChI=1S/C16H23NO3/c1-13-4-6-14(7-5-13)20-10-15(18)17-11-16(12-19-2)8-3-9-16/h4-7H,3,8-12H2,1-2H3,(H,17,18). The van der Waals surface area contributed by atoms with E-state index in [4.69, 9.17) is 9.47 Å². The van der Waals surface area contributed by atoms with Crippen molar-refractivity contribution in [2.24, 2.45) is 5.41 Å². The number of rotatable bonds is 7. The largest absolute Gasteiger partial charge is 0.484 e. The zero-order valence-electron chi connectivity index (χ0n) is 12.3. The van der Waals surface area contributed by atoms with Crippen LogP contribution in [0.5, 0.6) is 5.75 Å². The highest BCUT2D eigenvalue weighted by Crippen LogP contribution is 2.40. The van der Waals surface area contributed by atoms with E-state index in [0.717, 1.165) is 18.6 Å². The van der Waals surface area contributed by atoms with Gasteiger partial charge in [0.25, 0.3) is 5.91 Å². The molecule has 1 saturated carbocycles. The predicted molar refractivity (Wildman–Crippen MR) is 77.8 cm³/mol. The summed E-state index contributed by atoms with van der Waals surface area (Å²) in [6.45, 7) is 3.47. The molecule has 0 bridgehead atoms. The summed E-state index contributed by atoms with van der Waals surface area (Å²) in [5, 5.41) is 2.95. The molecule has 0 aliphatic heterocycles. The SMILES string of the molecule is COCC1(CNC(=O)COc2ccc(C)cc2)CCC1. The monoisotopic (exact) mass is 277 g/mol. The van der Waals surface area contributed by atoms with E-state index >= 15 is 0 Å². The van der Waals surface area contributed by atoms with Crippen LogP contribution in [0.1, 0.15) is 24.8 Å². The van der Waals surface area contributed by atoms with Crippen molar-refractivity contribution in [1.29, 1.82) is 0 Å².